The number of aryl methyl sites for hydroxylation is 1. The molecule has 1 unspecified atom stereocenters. The van der Waals surface area contributed by atoms with E-state index in [0.29, 0.717) is 18.3 Å². The highest BCUT2D eigenvalue weighted by atomic mass is 16.5. The molecule has 2 aliphatic heterocycles. The molecule has 1 atom stereocenters. The maximum atomic E-state index is 5.55. The zero-order valence-corrected chi connectivity index (χ0v) is 16.8. The Balaban J connectivity index is 1.25. The summed E-state index contributed by atoms with van der Waals surface area (Å²) in [6.07, 6.45) is 7.07. The summed E-state index contributed by atoms with van der Waals surface area (Å²) in [5, 5.41) is 4.20. The van der Waals surface area contributed by atoms with Crippen molar-refractivity contribution >= 4 is 0 Å². The van der Waals surface area contributed by atoms with E-state index in [9.17, 15) is 0 Å². The van der Waals surface area contributed by atoms with Gasteiger partial charge in [-0.25, -0.2) is 9.97 Å². The van der Waals surface area contributed by atoms with E-state index in [4.69, 9.17) is 4.52 Å². The van der Waals surface area contributed by atoms with E-state index in [0.717, 1.165) is 41.9 Å². The lowest BCUT2D eigenvalue weighted by atomic mass is 9.98. The van der Waals surface area contributed by atoms with Gasteiger partial charge in [0, 0.05) is 29.9 Å². The van der Waals surface area contributed by atoms with Crippen LogP contribution < -0.4 is 0 Å². The number of piperidine rings is 1. The van der Waals surface area contributed by atoms with Crippen molar-refractivity contribution in [1.29, 1.82) is 0 Å². The molecular formula is C22H26N6O. The zero-order valence-electron chi connectivity index (χ0n) is 16.8. The maximum Gasteiger partial charge on any atom is 0.241 e. The fourth-order valence-electron chi connectivity index (χ4n) is 4.40. The lowest BCUT2D eigenvalue weighted by molar-refractivity contribution is 0.00872. The highest BCUT2D eigenvalue weighted by Crippen LogP contribution is 2.25. The number of hydrogen-bond acceptors (Lipinski definition) is 7. The topological polar surface area (TPSA) is 71.2 Å². The number of aromatic nitrogens is 4. The van der Waals surface area contributed by atoms with E-state index < -0.39 is 0 Å². The Hall–Kier alpha value is -2.64. The summed E-state index contributed by atoms with van der Waals surface area (Å²) >= 11 is 0. The number of hydrogen-bond donors (Lipinski definition) is 0. The predicted octanol–water partition coefficient (Wildman–Crippen LogP) is 3.52. The van der Waals surface area contributed by atoms with Gasteiger partial charge in [-0.1, -0.05) is 35.8 Å². The van der Waals surface area contributed by atoms with Crippen molar-refractivity contribution < 1.29 is 4.52 Å². The summed E-state index contributed by atoms with van der Waals surface area (Å²) in [5.74, 6) is 2.09. The molecule has 29 heavy (non-hydrogen) atoms. The van der Waals surface area contributed by atoms with E-state index in [1.54, 1.807) is 6.20 Å². The van der Waals surface area contributed by atoms with Gasteiger partial charge in [-0.2, -0.15) is 4.98 Å². The number of benzene rings is 1. The van der Waals surface area contributed by atoms with E-state index in [1.165, 1.54) is 32.2 Å². The van der Waals surface area contributed by atoms with Gasteiger partial charge in [-0.15, -0.1) is 0 Å². The molecule has 0 saturated carbocycles. The van der Waals surface area contributed by atoms with Gasteiger partial charge in [0.15, 0.2) is 0 Å². The first-order valence-electron chi connectivity index (χ1n) is 10.4. The second-order valence-corrected chi connectivity index (χ2v) is 8.02. The van der Waals surface area contributed by atoms with Crippen molar-refractivity contribution in [1.82, 2.24) is 29.9 Å². The van der Waals surface area contributed by atoms with Crippen molar-refractivity contribution in [2.45, 2.75) is 45.2 Å². The van der Waals surface area contributed by atoms with Crippen LogP contribution in [0.2, 0.25) is 0 Å². The van der Waals surface area contributed by atoms with Crippen molar-refractivity contribution in [3.63, 3.8) is 0 Å². The van der Waals surface area contributed by atoms with Crippen molar-refractivity contribution in [3.8, 4) is 22.6 Å². The second-order valence-electron chi connectivity index (χ2n) is 8.02. The monoisotopic (exact) mass is 390 g/mol. The summed E-state index contributed by atoms with van der Waals surface area (Å²) in [6, 6.07) is 10.8. The number of nitrogens with zero attached hydrogens (tertiary/aromatic N) is 6. The van der Waals surface area contributed by atoms with Crippen LogP contribution in [-0.4, -0.2) is 55.7 Å². The number of fused-ring (bicyclic) bond motifs is 1. The van der Waals surface area contributed by atoms with Crippen LogP contribution in [0.1, 0.15) is 37.4 Å². The van der Waals surface area contributed by atoms with Gasteiger partial charge in [-0.3, -0.25) is 9.80 Å². The molecule has 7 nitrogen and oxygen atoms in total. The quantitative estimate of drug-likeness (QED) is 0.675. The van der Waals surface area contributed by atoms with E-state index in [2.05, 4.69) is 29.9 Å². The first-order chi connectivity index (χ1) is 14.2. The van der Waals surface area contributed by atoms with E-state index in [1.807, 2.05) is 37.3 Å². The van der Waals surface area contributed by atoms with Crippen molar-refractivity contribution in [2.75, 3.05) is 19.8 Å². The highest BCUT2D eigenvalue weighted by molar-refractivity contribution is 5.64. The molecule has 2 saturated heterocycles. The third kappa shape index (κ3) is 4.06. The zero-order chi connectivity index (χ0) is 19.6. The van der Waals surface area contributed by atoms with E-state index >= 15 is 0 Å². The molecule has 0 spiro atoms. The minimum absolute atomic E-state index is 0.637. The third-order valence-corrected chi connectivity index (χ3v) is 5.95. The summed E-state index contributed by atoms with van der Waals surface area (Å²) in [4.78, 5) is 18.3. The largest absolute Gasteiger partial charge is 0.338 e. The molecule has 2 aromatic heterocycles. The molecule has 150 valence electrons. The highest BCUT2D eigenvalue weighted by Gasteiger charge is 2.29. The Morgan fingerprint density at radius 3 is 2.72 bits per heavy atom. The average molecular weight is 390 g/mol. The minimum atomic E-state index is 0.637. The first-order valence-corrected chi connectivity index (χ1v) is 10.4. The van der Waals surface area contributed by atoms with E-state index in [-0.39, 0.29) is 0 Å². The molecule has 1 aromatic carbocycles. The van der Waals surface area contributed by atoms with Crippen LogP contribution in [0.15, 0.2) is 41.1 Å². The summed E-state index contributed by atoms with van der Waals surface area (Å²) < 4.78 is 5.55. The second kappa shape index (κ2) is 8.00. The molecule has 0 amide bonds. The standard InChI is InChI=1S/C22H26N6O/c1-16-23-11-9-20(24-16)17-5-7-18(8-6-17)22-25-21(29-26-22)14-27-13-10-19-4-2-3-12-28(19)15-27/h5-9,11,19H,2-4,10,12-15H2,1H3. The third-order valence-electron chi connectivity index (χ3n) is 5.95. The van der Waals surface area contributed by atoms with Crippen LogP contribution in [0.5, 0.6) is 0 Å². The van der Waals surface area contributed by atoms with Crippen molar-refractivity contribution in [2.24, 2.45) is 0 Å². The Morgan fingerprint density at radius 2 is 1.86 bits per heavy atom. The molecule has 2 aliphatic rings. The van der Waals surface area contributed by atoms with Crippen LogP contribution in [0.25, 0.3) is 22.6 Å². The molecule has 5 rings (SSSR count). The molecular weight excluding hydrogens is 364 g/mol. The minimum Gasteiger partial charge on any atom is -0.338 e. The first kappa shape index (κ1) is 18.4. The van der Waals surface area contributed by atoms with Gasteiger partial charge in [0.1, 0.15) is 5.82 Å². The van der Waals surface area contributed by atoms with Crippen molar-refractivity contribution in [3.05, 3.63) is 48.2 Å². The normalized spacial score (nSPS) is 20.5. The van der Waals surface area contributed by atoms with Gasteiger partial charge in [-0.05, 0) is 38.8 Å². The smallest absolute Gasteiger partial charge is 0.241 e. The lowest BCUT2D eigenvalue weighted by Crippen LogP contribution is -2.52. The Kier molecular flexibility index (Phi) is 5.08. The fourth-order valence-corrected chi connectivity index (χ4v) is 4.40. The van der Waals surface area contributed by atoms with Crippen LogP contribution in [0, 0.1) is 6.92 Å². The molecule has 7 heteroatoms. The Morgan fingerprint density at radius 1 is 1.00 bits per heavy atom. The predicted molar refractivity (Wildman–Crippen MR) is 110 cm³/mol. The molecule has 2 fully saturated rings. The van der Waals surface area contributed by atoms with Crippen LogP contribution in [0.4, 0.5) is 0 Å². The molecule has 3 aromatic rings. The van der Waals surface area contributed by atoms with Gasteiger partial charge in [0.2, 0.25) is 11.7 Å². The van der Waals surface area contributed by atoms with Gasteiger partial charge < -0.3 is 4.52 Å². The molecule has 0 aliphatic carbocycles. The molecule has 4 heterocycles. The fraction of sp³-hybridized carbons (Fsp3) is 0.455. The van der Waals surface area contributed by atoms with Gasteiger partial charge in [0.25, 0.3) is 0 Å². The Labute approximate surface area is 170 Å². The van der Waals surface area contributed by atoms with Crippen LogP contribution in [-0.2, 0) is 6.54 Å². The SMILES string of the molecule is Cc1nccc(-c2ccc(-c3noc(CN4CCC5CCCCN5C4)n3)cc2)n1. The average Bonchev–Trinajstić information content (AvgIpc) is 3.22. The summed E-state index contributed by atoms with van der Waals surface area (Å²) in [6.45, 7) is 5.94. The Bertz CT molecular complexity index is 969. The molecule has 0 radical (unpaired) electrons. The lowest BCUT2D eigenvalue weighted by Gasteiger charge is -2.43. The summed E-state index contributed by atoms with van der Waals surface area (Å²) in [5.41, 5.74) is 2.91. The number of rotatable bonds is 4. The maximum absolute atomic E-state index is 5.55. The van der Waals surface area contributed by atoms with Gasteiger partial charge >= 0.3 is 0 Å². The van der Waals surface area contributed by atoms with Gasteiger partial charge in [0.05, 0.1) is 18.9 Å². The van der Waals surface area contributed by atoms with Crippen LogP contribution >= 0.6 is 0 Å². The van der Waals surface area contributed by atoms with Crippen LogP contribution in [0.3, 0.4) is 0 Å². The summed E-state index contributed by atoms with van der Waals surface area (Å²) in [7, 11) is 0. The molecule has 0 N–H and O–H groups in total. The molecule has 0 bridgehead atoms.